The van der Waals surface area contributed by atoms with E-state index in [-0.39, 0.29) is 18.7 Å². The fraction of sp³-hybridized carbons (Fsp3) is 0.800. The van der Waals surface area contributed by atoms with Gasteiger partial charge in [-0.15, -0.1) is 0 Å². The molecule has 81 valence electrons. The molecule has 0 bridgehead atoms. The highest BCUT2D eigenvalue weighted by molar-refractivity contribution is 5.75. The lowest BCUT2D eigenvalue weighted by molar-refractivity contribution is -0.160. The molecule has 1 rings (SSSR count). The molecule has 1 aliphatic rings. The van der Waals surface area contributed by atoms with E-state index in [4.69, 9.17) is 14.6 Å². The van der Waals surface area contributed by atoms with Crippen LogP contribution in [0.4, 0.5) is 0 Å². The molecule has 1 radical (unpaired) electrons. The van der Waals surface area contributed by atoms with Crippen LogP contribution in [-0.4, -0.2) is 30.1 Å². The van der Waals surface area contributed by atoms with Crippen molar-refractivity contribution in [3.8, 4) is 0 Å². The minimum atomic E-state index is -0.742. The normalized spacial score (nSPS) is 27.7. The lowest BCUT2D eigenvalue weighted by atomic mass is 9.97. The van der Waals surface area contributed by atoms with Crippen LogP contribution in [0.25, 0.3) is 0 Å². The van der Waals surface area contributed by atoms with Crippen LogP contribution in [0.2, 0.25) is 0 Å². The Labute approximate surface area is 84.2 Å². The lowest BCUT2D eigenvalue weighted by Crippen LogP contribution is -2.27. The van der Waals surface area contributed by atoms with Crippen molar-refractivity contribution in [2.45, 2.75) is 39.6 Å². The quantitative estimate of drug-likeness (QED) is 0.674. The van der Waals surface area contributed by atoms with Crippen molar-refractivity contribution in [3.05, 3.63) is 6.42 Å². The topological polar surface area (TPSA) is 55.8 Å². The maximum atomic E-state index is 11.3. The number of aliphatic hydroxyl groups excluding tert-OH is 1. The first-order valence-corrected chi connectivity index (χ1v) is 4.73. The van der Waals surface area contributed by atoms with Crippen LogP contribution < -0.4 is 0 Å². The molecule has 0 aromatic carbocycles. The van der Waals surface area contributed by atoms with Gasteiger partial charge in [0.1, 0.15) is 6.61 Å². The fourth-order valence-corrected chi connectivity index (χ4v) is 1.06. The van der Waals surface area contributed by atoms with Crippen LogP contribution in [0, 0.1) is 11.8 Å². The summed E-state index contributed by atoms with van der Waals surface area (Å²) in [5.41, 5.74) is -0.489. The minimum Gasteiger partial charge on any atom is -0.463 e. The maximum Gasteiger partial charge on any atom is 0.311 e. The number of carbonyl (C=O) groups is 1. The Bertz CT molecular complexity index is 207. The molecule has 1 unspecified atom stereocenters. The Morgan fingerprint density at radius 1 is 1.64 bits per heavy atom. The van der Waals surface area contributed by atoms with E-state index in [9.17, 15) is 4.79 Å². The highest BCUT2D eigenvalue weighted by atomic mass is 16.6. The molecule has 0 aliphatic carbocycles. The minimum absolute atomic E-state index is 0.188. The molecule has 14 heavy (non-hydrogen) atoms. The Morgan fingerprint density at radius 3 is 2.71 bits per heavy atom. The summed E-state index contributed by atoms with van der Waals surface area (Å²) in [6.07, 6.45) is 1.29. The first-order chi connectivity index (χ1) is 6.39. The van der Waals surface area contributed by atoms with Crippen molar-refractivity contribution in [1.29, 1.82) is 0 Å². The SMILES string of the molecule is CC(C)(C)C(=O)OC[C@H]1[CH]CC(O)O1. The van der Waals surface area contributed by atoms with E-state index in [2.05, 4.69) is 0 Å². The second kappa shape index (κ2) is 4.28. The maximum absolute atomic E-state index is 11.3. The van der Waals surface area contributed by atoms with Crippen molar-refractivity contribution < 1.29 is 19.4 Å². The van der Waals surface area contributed by atoms with Gasteiger partial charge in [-0.1, -0.05) is 0 Å². The van der Waals surface area contributed by atoms with Gasteiger partial charge in [0.15, 0.2) is 6.29 Å². The third kappa shape index (κ3) is 3.27. The number of esters is 1. The summed E-state index contributed by atoms with van der Waals surface area (Å²) >= 11 is 0. The molecule has 2 atom stereocenters. The van der Waals surface area contributed by atoms with Crippen LogP contribution in [0.15, 0.2) is 0 Å². The van der Waals surface area contributed by atoms with Crippen LogP contribution in [0.3, 0.4) is 0 Å². The second-order valence-electron chi connectivity index (χ2n) is 4.45. The molecule has 0 spiro atoms. The van der Waals surface area contributed by atoms with E-state index >= 15 is 0 Å². The monoisotopic (exact) mass is 201 g/mol. The molecule has 1 fully saturated rings. The molecule has 1 aliphatic heterocycles. The molecule has 4 heteroatoms. The molecular weight excluding hydrogens is 184 g/mol. The van der Waals surface area contributed by atoms with E-state index in [1.807, 2.05) is 0 Å². The van der Waals surface area contributed by atoms with Crippen LogP contribution in [-0.2, 0) is 14.3 Å². The molecule has 4 nitrogen and oxygen atoms in total. The number of aliphatic hydroxyl groups is 1. The van der Waals surface area contributed by atoms with Gasteiger partial charge in [0.2, 0.25) is 0 Å². The van der Waals surface area contributed by atoms with E-state index < -0.39 is 11.7 Å². The Kier molecular flexibility index (Phi) is 3.50. The molecule has 0 saturated carbocycles. The predicted octanol–water partition coefficient (Wildman–Crippen LogP) is 0.887. The number of rotatable bonds is 2. The van der Waals surface area contributed by atoms with Gasteiger partial charge in [-0.2, -0.15) is 0 Å². The Balaban J connectivity index is 2.24. The van der Waals surface area contributed by atoms with Gasteiger partial charge in [0.05, 0.1) is 11.5 Å². The zero-order valence-electron chi connectivity index (χ0n) is 8.82. The standard InChI is InChI=1S/C10H17O4/c1-10(2,3)9(12)13-6-7-4-5-8(11)14-7/h4,7-8,11H,5-6H2,1-3H3/t7-,8?/m1/s1. The van der Waals surface area contributed by atoms with Crippen LogP contribution in [0.1, 0.15) is 27.2 Å². The van der Waals surface area contributed by atoms with E-state index in [0.29, 0.717) is 6.42 Å². The highest BCUT2D eigenvalue weighted by Gasteiger charge is 2.28. The molecule has 0 aromatic rings. The molecule has 0 amide bonds. The van der Waals surface area contributed by atoms with Gasteiger partial charge in [-0.25, -0.2) is 0 Å². The van der Waals surface area contributed by atoms with Gasteiger partial charge >= 0.3 is 5.97 Å². The van der Waals surface area contributed by atoms with Crippen LogP contribution >= 0.6 is 0 Å². The molecule has 1 N–H and O–H groups in total. The van der Waals surface area contributed by atoms with Crippen molar-refractivity contribution >= 4 is 5.97 Å². The van der Waals surface area contributed by atoms with Gasteiger partial charge < -0.3 is 14.6 Å². The summed E-state index contributed by atoms with van der Waals surface area (Å²) in [6, 6.07) is 0. The number of ether oxygens (including phenoxy) is 2. The summed E-state index contributed by atoms with van der Waals surface area (Å²) in [6.45, 7) is 5.57. The van der Waals surface area contributed by atoms with E-state index in [1.54, 1.807) is 27.2 Å². The number of hydrogen-bond acceptors (Lipinski definition) is 4. The molecule has 1 heterocycles. The van der Waals surface area contributed by atoms with Gasteiger partial charge in [0, 0.05) is 6.42 Å². The molecule has 1 saturated heterocycles. The van der Waals surface area contributed by atoms with Crippen molar-refractivity contribution in [2.75, 3.05) is 6.61 Å². The average molecular weight is 201 g/mol. The summed E-state index contributed by atoms with van der Waals surface area (Å²) < 4.78 is 10.1. The van der Waals surface area contributed by atoms with Gasteiger partial charge in [0.25, 0.3) is 0 Å². The third-order valence-corrected chi connectivity index (χ3v) is 1.92. The second-order valence-corrected chi connectivity index (χ2v) is 4.45. The van der Waals surface area contributed by atoms with Crippen molar-refractivity contribution in [1.82, 2.24) is 0 Å². The zero-order chi connectivity index (χ0) is 10.8. The Hall–Kier alpha value is -0.610. The third-order valence-electron chi connectivity index (χ3n) is 1.92. The highest BCUT2D eigenvalue weighted by Crippen LogP contribution is 2.19. The number of carbonyl (C=O) groups excluding carboxylic acids is 1. The smallest absolute Gasteiger partial charge is 0.311 e. The lowest BCUT2D eigenvalue weighted by Gasteiger charge is -2.18. The number of hydrogen-bond donors (Lipinski definition) is 1. The van der Waals surface area contributed by atoms with Crippen molar-refractivity contribution in [3.63, 3.8) is 0 Å². The van der Waals surface area contributed by atoms with Crippen molar-refractivity contribution in [2.24, 2.45) is 5.41 Å². The summed E-state index contributed by atoms with van der Waals surface area (Å²) in [7, 11) is 0. The van der Waals surface area contributed by atoms with Gasteiger partial charge in [-0.3, -0.25) is 4.79 Å². The van der Waals surface area contributed by atoms with Gasteiger partial charge in [-0.05, 0) is 27.2 Å². The molecular formula is C10H17O4. The first-order valence-electron chi connectivity index (χ1n) is 4.73. The van der Waals surface area contributed by atoms with E-state index in [0.717, 1.165) is 0 Å². The van der Waals surface area contributed by atoms with Crippen LogP contribution in [0.5, 0.6) is 0 Å². The largest absolute Gasteiger partial charge is 0.463 e. The summed E-state index contributed by atoms with van der Waals surface area (Å²) in [5.74, 6) is -0.254. The Morgan fingerprint density at radius 2 is 2.29 bits per heavy atom. The first kappa shape index (κ1) is 11.5. The summed E-state index contributed by atoms with van der Waals surface area (Å²) in [5, 5.41) is 9.03. The summed E-state index contributed by atoms with van der Waals surface area (Å²) in [4.78, 5) is 11.3. The van der Waals surface area contributed by atoms with E-state index in [1.165, 1.54) is 0 Å². The fourth-order valence-electron chi connectivity index (χ4n) is 1.06. The average Bonchev–Trinajstić information content (AvgIpc) is 2.45. The predicted molar refractivity (Wildman–Crippen MR) is 50.2 cm³/mol. The molecule has 0 aromatic heterocycles. The zero-order valence-corrected chi connectivity index (χ0v) is 8.82.